The number of aliphatic hydroxyl groups excluding tert-OH is 1. The Balaban J connectivity index is 1.42. The monoisotopic (exact) mass is 385 g/mol. The number of nitro benzene ring substituents is 1. The summed E-state index contributed by atoms with van der Waals surface area (Å²) >= 11 is 0. The molecule has 0 amide bonds. The fourth-order valence-corrected chi connectivity index (χ4v) is 3.32. The Kier molecular flexibility index (Phi) is 6.49. The number of non-ortho nitro benzene ring substituents is 1. The van der Waals surface area contributed by atoms with E-state index in [1.165, 1.54) is 28.9 Å². The van der Waals surface area contributed by atoms with Gasteiger partial charge in [0.25, 0.3) is 5.69 Å². The number of ether oxygens (including phenoxy) is 1. The molecule has 0 aliphatic carbocycles. The first-order valence-corrected chi connectivity index (χ1v) is 9.52. The third-order valence-corrected chi connectivity index (χ3v) is 5.19. The van der Waals surface area contributed by atoms with Gasteiger partial charge in [-0.2, -0.15) is 0 Å². The van der Waals surface area contributed by atoms with Crippen LogP contribution >= 0.6 is 0 Å². The average molecular weight is 385 g/mol. The maximum atomic E-state index is 10.7. The molecule has 150 valence electrons. The highest BCUT2D eigenvalue weighted by Gasteiger charge is 2.20. The van der Waals surface area contributed by atoms with Crippen LogP contribution in [-0.2, 0) is 0 Å². The first kappa shape index (κ1) is 20.1. The lowest BCUT2D eigenvalue weighted by Crippen LogP contribution is -2.49. The van der Waals surface area contributed by atoms with Crippen molar-refractivity contribution < 1.29 is 14.8 Å². The Morgan fingerprint density at radius 1 is 1.07 bits per heavy atom. The van der Waals surface area contributed by atoms with Gasteiger partial charge in [-0.25, -0.2) is 0 Å². The van der Waals surface area contributed by atoms with E-state index < -0.39 is 11.0 Å². The summed E-state index contributed by atoms with van der Waals surface area (Å²) < 4.78 is 5.55. The van der Waals surface area contributed by atoms with E-state index in [4.69, 9.17) is 4.74 Å². The molecule has 7 nitrogen and oxygen atoms in total. The highest BCUT2D eigenvalue weighted by molar-refractivity contribution is 5.51. The number of hydrogen-bond acceptors (Lipinski definition) is 6. The molecular weight excluding hydrogens is 358 g/mol. The first-order valence-electron chi connectivity index (χ1n) is 9.52. The van der Waals surface area contributed by atoms with Gasteiger partial charge in [0.15, 0.2) is 0 Å². The number of aliphatic hydroxyl groups is 1. The van der Waals surface area contributed by atoms with Crippen molar-refractivity contribution in [3.63, 3.8) is 0 Å². The highest BCUT2D eigenvalue weighted by Crippen LogP contribution is 2.21. The summed E-state index contributed by atoms with van der Waals surface area (Å²) in [5.41, 5.74) is 3.89. The summed E-state index contributed by atoms with van der Waals surface area (Å²) in [6, 6.07) is 12.5. The highest BCUT2D eigenvalue weighted by atomic mass is 16.6. The molecule has 1 heterocycles. The molecule has 1 unspecified atom stereocenters. The number of aryl methyl sites for hydroxylation is 2. The van der Waals surface area contributed by atoms with Gasteiger partial charge in [-0.1, -0.05) is 6.07 Å². The van der Waals surface area contributed by atoms with Gasteiger partial charge in [0.05, 0.1) is 4.92 Å². The van der Waals surface area contributed by atoms with Crippen molar-refractivity contribution in [1.29, 1.82) is 0 Å². The minimum absolute atomic E-state index is 0.0227. The Morgan fingerprint density at radius 2 is 1.75 bits per heavy atom. The number of anilines is 1. The fraction of sp³-hybridized carbons (Fsp3) is 0.429. The standard InChI is InChI=1S/C21H27N3O4/c1-16-3-4-19(13-17(16)2)23-11-9-22(10-12-23)14-20(25)15-28-21-7-5-18(6-8-21)24(26)27/h3-8,13,20,25H,9-12,14-15H2,1-2H3. The molecule has 2 aromatic carbocycles. The van der Waals surface area contributed by atoms with E-state index in [-0.39, 0.29) is 12.3 Å². The molecule has 0 radical (unpaired) electrons. The summed E-state index contributed by atoms with van der Waals surface area (Å²) in [5.74, 6) is 0.518. The number of nitrogens with zero attached hydrogens (tertiary/aromatic N) is 3. The predicted molar refractivity (Wildman–Crippen MR) is 109 cm³/mol. The number of rotatable bonds is 7. The van der Waals surface area contributed by atoms with Crippen LogP contribution in [-0.4, -0.2) is 60.4 Å². The van der Waals surface area contributed by atoms with E-state index in [1.807, 2.05) is 0 Å². The normalized spacial score (nSPS) is 16.0. The van der Waals surface area contributed by atoms with Gasteiger partial charge in [0, 0.05) is 50.5 Å². The molecule has 0 spiro atoms. The largest absolute Gasteiger partial charge is 0.491 e. The van der Waals surface area contributed by atoms with Crippen LogP contribution in [0.25, 0.3) is 0 Å². The first-order chi connectivity index (χ1) is 13.4. The Bertz CT molecular complexity index is 802. The van der Waals surface area contributed by atoms with Crippen LogP contribution in [0.4, 0.5) is 11.4 Å². The van der Waals surface area contributed by atoms with Gasteiger partial charge in [-0.3, -0.25) is 15.0 Å². The maximum Gasteiger partial charge on any atom is 0.269 e. The van der Waals surface area contributed by atoms with E-state index in [0.29, 0.717) is 12.3 Å². The van der Waals surface area contributed by atoms with Crippen molar-refractivity contribution in [2.24, 2.45) is 0 Å². The molecule has 7 heteroatoms. The summed E-state index contributed by atoms with van der Waals surface area (Å²) in [6.45, 7) is 8.61. The molecule has 1 aliphatic heterocycles. The van der Waals surface area contributed by atoms with Crippen LogP contribution in [0.3, 0.4) is 0 Å². The molecule has 1 N–H and O–H groups in total. The Hall–Kier alpha value is -2.64. The van der Waals surface area contributed by atoms with Gasteiger partial charge in [0.2, 0.25) is 0 Å². The molecule has 1 saturated heterocycles. The molecule has 3 rings (SSSR count). The molecule has 1 atom stereocenters. The number of nitro groups is 1. The van der Waals surface area contributed by atoms with Gasteiger partial charge in [-0.05, 0) is 49.2 Å². The van der Waals surface area contributed by atoms with Crippen LogP contribution in [0.1, 0.15) is 11.1 Å². The molecule has 0 bridgehead atoms. The molecule has 1 fully saturated rings. The topological polar surface area (TPSA) is 79.1 Å². The van der Waals surface area contributed by atoms with Crippen LogP contribution in [0, 0.1) is 24.0 Å². The third-order valence-electron chi connectivity index (χ3n) is 5.19. The minimum atomic E-state index is -0.608. The zero-order valence-corrected chi connectivity index (χ0v) is 16.4. The smallest absolute Gasteiger partial charge is 0.269 e. The third kappa shape index (κ3) is 5.21. The lowest BCUT2D eigenvalue weighted by Gasteiger charge is -2.37. The zero-order chi connectivity index (χ0) is 20.1. The number of β-amino-alcohol motifs (C(OH)–C–C–N with tert-alkyl or cyclic N) is 1. The van der Waals surface area contributed by atoms with E-state index in [2.05, 4.69) is 41.8 Å². The van der Waals surface area contributed by atoms with Gasteiger partial charge in [-0.15, -0.1) is 0 Å². The minimum Gasteiger partial charge on any atom is -0.491 e. The van der Waals surface area contributed by atoms with Crippen molar-refractivity contribution >= 4 is 11.4 Å². The summed E-state index contributed by atoms with van der Waals surface area (Å²) in [4.78, 5) is 14.8. The molecule has 0 aromatic heterocycles. The molecule has 2 aromatic rings. The molecule has 0 saturated carbocycles. The Morgan fingerprint density at radius 3 is 2.36 bits per heavy atom. The zero-order valence-electron chi connectivity index (χ0n) is 16.4. The van der Waals surface area contributed by atoms with Gasteiger partial charge < -0.3 is 14.7 Å². The van der Waals surface area contributed by atoms with E-state index >= 15 is 0 Å². The molecule has 28 heavy (non-hydrogen) atoms. The van der Waals surface area contributed by atoms with E-state index in [9.17, 15) is 15.2 Å². The lowest BCUT2D eigenvalue weighted by atomic mass is 10.1. The van der Waals surface area contributed by atoms with Crippen molar-refractivity contribution in [2.75, 3.05) is 44.2 Å². The average Bonchev–Trinajstić information content (AvgIpc) is 2.69. The van der Waals surface area contributed by atoms with Crippen LogP contribution < -0.4 is 9.64 Å². The Labute approximate surface area is 165 Å². The van der Waals surface area contributed by atoms with E-state index in [1.54, 1.807) is 12.1 Å². The summed E-state index contributed by atoms with van der Waals surface area (Å²) in [6.07, 6.45) is -0.608. The van der Waals surface area contributed by atoms with Crippen molar-refractivity contribution in [1.82, 2.24) is 4.90 Å². The molecular formula is C21H27N3O4. The van der Waals surface area contributed by atoms with Crippen LogP contribution in [0.5, 0.6) is 5.75 Å². The number of hydrogen-bond donors (Lipinski definition) is 1. The number of benzene rings is 2. The fourth-order valence-electron chi connectivity index (χ4n) is 3.32. The van der Waals surface area contributed by atoms with Crippen molar-refractivity contribution in [3.05, 3.63) is 63.7 Å². The second-order valence-corrected chi connectivity index (χ2v) is 7.27. The lowest BCUT2D eigenvalue weighted by molar-refractivity contribution is -0.384. The second kappa shape index (κ2) is 9.03. The summed E-state index contributed by atoms with van der Waals surface area (Å²) in [5, 5.41) is 20.9. The quantitative estimate of drug-likeness (QED) is 0.583. The van der Waals surface area contributed by atoms with Gasteiger partial charge >= 0.3 is 0 Å². The maximum absolute atomic E-state index is 10.7. The number of piperazine rings is 1. The van der Waals surface area contributed by atoms with Crippen LogP contribution in [0.15, 0.2) is 42.5 Å². The van der Waals surface area contributed by atoms with Gasteiger partial charge in [0.1, 0.15) is 18.5 Å². The van der Waals surface area contributed by atoms with E-state index in [0.717, 1.165) is 26.2 Å². The van der Waals surface area contributed by atoms with Crippen molar-refractivity contribution in [3.8, 4) is 5.75 Å². The van der Waals surface area contributed by atoms with Crippen molar-refractivity contribution in [2.45, 2.75) is 20.0 Å². The molecule has 1 aliphatic rings. The second-order valence-electron chi connectivity index (χ2n) is 7.27. The SMILES string of the molecule is Cc1ccc(N2CCN(CC(O)COc3ccc([N+](=O)[O-])cc3)CC2)cc1C. The summed E-state index contributed by atoms with van der Waals surface area (Å²) in [7, 11) is 0. The van der Waals surface area contributed by atoms with Crippen LogP contribution in [0.2, 0.25) is 0 Å². The predicted octanol–water partition coefficient (Wildman–Crippen LogP) is 2.77.